The Morgan fingerprint density at radius 1 is 1.16 bits per heavy atom. The minimum atomic E-state index is 0.591. The van der Waals surface area contributed by atoms with E-state index < -0.39 is 0 Å². The van der Waals surface area contributed by atoms with Gasteiger partial charge in [0.25, 0.3) is 0 Å². The minimum Gasteiger partial charge on any atom is -0.486 e. The lowest BCUT2D eigenvalue weighted by Gasteiger charge is -2.18. The van der Waals surface area contributed by atoms with Crippen molar-refractivity contribution in [3.8, 4) is 22.1 Å². The van der Waals surface area contributed by atoms with Gasteiger partial charge >= 0.3 is 0 Å². The van der Waals surface area contributed by atoms with Gasteiger partial charge in [-0.05, 0) is 24.6 Å². The van der Waals surface area contributed by atoms with Crippen LogP contribution in [0.15, 0.2) is 18.2 Å². The number of alkyl halides is 1. The fourth-order valence-corrected chi connectivity index (χ4v) is 2.88. The van der Waals surface area contributed by atoms with E-state index in [1.807, 2.05) is 18.2 Å². The van der Waals surface area contributed by atoms with Gasteiger partial charge in [0.15, 0.2) is 11.5 Å². The molecule has 1 aromatic heterocycles. The molecule has 0 atom stereocenters. The summed E-state index contributed by atoms with van der Waals surface area (Å²) in [4.78, 5) is 0. The Balaban J connectivity index is 1.83. The molecule has 0 amide bonds. The molecular weight excluding hydrogens is 284 g/mol. The molecular formula is C13H13ClN2O2S. The highest BCUT2D eigenvalue weighted by Gasteiger charge is 2.14. The molecule has 0 saturated carbocycles. The summed E-state index contributed by atoms with van der Waals surface area (Å²) in [5.74, 6) is 2.22. The molecule has 4 nitrogen and oxygen atoms in total. The second-order valence-corrected chi connectivity index (χ2v) is 5.59. The van der Waals surface area contributed by atoms with Gasteiger partial charge in [-0.2, -0.15) is 0 Å². The van der Waals surface area contributed by atoms with Crippen molar-refractivity contribution in [3.05, 3.63) is 23.2 Å². The SMILES string of the molecule is ClCCCc1nnc(-c2ccc3c(c2)OCCO3)s1. The van der Waals surface area contributed by atoms with Gasteiger partial charge in [-0.1, -0.05) is 11.3 Å². The van der Waals surface area contributed by atoms with Crippen LogP contribution in [0, 0.1) is 0 Å². The lowest BCUT2D eigenvalue weighted by molar-refractivity contribution is 0.171. The predicted octanol–water partition coefficient (Wildman–Crippen LogP) is 3.15. The summed E-state index contributed by atoms with van der Waals surface area (Å²) < 4.78 is 11.1. The maximum Gasteiger partial charge on any atom is 0.162 e. The zero-order chi connectivity index (χ0) is 13.1. The van der Waals surface area contributed by atoms with Crippen LogP contribution in [0.1, 0.15) is 11.4 Å². The number of aryl methyl sites for hydroxylation is 1. The predicted molar refractivity (Wildman–Crippen MR) is 75.4 cm³/mol. The van der Waals surface area contributed by atoms with E-state index in [4.69, 9.17) is 21.1 Å². The molecule has 6 heteroatoms. The summed E-state index contributed by atoms with van der Waals surface area (Å²) in [5.41, 5.74) is 1.01. The smallest absolute Gasteiger partial charge is 0.162 e. The van der Waals surface area contributed by atoms with Crippen LogP contribution in [0.3, 0.4) is 0 Å². The highest BCUT2D eigenvalue weighted by molar-refractivity contribution is 7.14. The number of rotatable bonds is 4. The average molecular weight is 297 g/mol. The first-order chi connectivity index (χ1) is 9.36. The van der Waals surface area contributed by atoms with Gasteiger partial charge in [0.1, 0.15) is 23.2 Å². The number of hydrogen-bond acceptors (Lipinski definition) is 5. The van der Waals surface area contributed by atoms with E-state index in [2.05, 4.69) is 10.2 Å². The molecule has 19 heavy (non-hydrogen) atoms. The zero-order valence-electron chi connectivity index (χ0n) is 10.3. The molecule has 0 spiro atoms. The molecule has 0 saturated heterocycles. The van der Waals surface area contributed by atoms with Gasteiger partial charge in [0.05, 0.1) is 0 Å². The molecule has 1 aromatic carbocycles. The van der Waals surface area contributed by atoms with Gasteiger partial charge in [-0.3, -0.25) is 0 Å². The Bertz CT molecular complexity index is 574. The van der Waals surface area contributed by atoms with Crippen LogP contribution in [0.5, 0.6) is 11.5 Å². The number of fused-ring (bicyclic) bond motifs is 1. The van der Waals surface area contributed by atoms with Crippen LogP contribution in [0.2, 0.25) is 0 Å². The van der Waals surface area contributed by atoms with Gasteiger partial charge in [0, 0.05) is 17.9 Å². The van der Waals surface area contributed by atoms with Crippen molar-refractivity contribution >= 4 is 22.9 Å². The second-order valence-electron chi connectivity index (χ2n) is 4.15. The van der Waals surface area contributed by atoms with Crippen molar-refractivity contribution in [2.45, 2.75) is 12.8 Å². The number of hydrogen-bond donors (Lipinski definition) is 0. The first-order valence-corrected chi connectivity index (χ1v) is 7.50. The van der Waals surface area contributed by atoms with Crippen LogP contribution in [-0.2, 0) is 6.42 Å². The van der Waals surface area contributed by atoms with Crippen molar-refractivity contribution in [3.63, 3.8) is 0 Å². The third kappa shape index (κ3) is 2.82. The molecule has 0 N–H and O–H groups in total. The number of halogens is 1. The van der Waals surface area contributed by atoms with E-state index in [1.165, 1.54) is 0 Å². The quantitative estimate of drug-likeness (QED) is 0.813. The molecule has 2 heterocycles. The summed E-state index contributed by atoms with van der Waals surface area (Å²) in [6.07, 6.45) is 1.81. The molecule has 0 aliphatic carbocycles. The van der Waals surface area contributed by atoms with Crippen molar-refractivity contribution in [2.24, 2.45) is 0 Å². The molecule has 1 aliphatic rings. The van der Waals surface area contributed by atoms with E-state index in [9.17, 15) is 0 Å². The van der Waals surface area contributed by atoms with Crippen molar-refractivity contribution in [1.82, 2.24) is 10.2 Å². The minimum absolute atomic E-state index is 0.591. The summed E-state index contributed by atoms with van der Waals surface area (Å²) in [5, 5.41) is 10.3. The van der Waals surface area contributed by atoms with Crippen LogP contribution in [0.25, 0.3) is 10.6 Å². The Labute approximate surface area is 120 Å². The lowest BCUT2D eigenvalue weighted by Crippen LogP contribution is -2.15. The molecule has 100 valence electrons. The van der Waals surface area contributed by atoms with E-state index in [0.29, 0.717) is 19.1 Å². The van der Waals surface area contributed by atoms with E-state index in [-0.39, 0.29) is 0 Å². The number of benzene rings is 1. The van der Waals surface area contributed by atoms with Crippen LogP contribution < -0.4 is 9.47 Å². The third-order valence-electron chi connectivity index (χ3n) is 2.78. The summed E-state index contributed by atoms with van der Waals surface area (Å²) in [6.45, 7) is 1.20. The number of nitrogens with zero attached hydrogens (tertiary/aromatic N) is 2. The van der Waals surface area contributed by atoms with E-state index in [0.717, 1.165) is 39.9 Å². The zero-order valence-corrected chi connectivity index (χ0v) is 11.8. The second kappa shape index (κ2) is 5.75. The van der Waals surface area contributed by atoms with E-state index in [1.54, 1.807) is 11.3 Å². The molecule has 2 aromatic rings. The molecule has 0 bridgehead atoms. The fourth-order valence-electron chi connectivity index (χ4n) is 1.87. The molecule has 1 aliphatic heterocycles. The molecule has 0 unspecified atom stereocenters. The first-order valence-electron chi connectivity index (χ1n) is 6.15. The fraction of sp³-hybridized carbons (Fsp3) is 0.385. The lowest BCUT2D eigenvalue weighted by atomic mass is 10.2. The standard InChI is InChI=1S/C13H13ClN2O2S/c14-5-1-2-12-15-16-13(19-12)9-3-4-10-11(8-9)18-7-6-17-10/h3-4,8H,1-2,5-7H2. The summed E-state index contributed by atoms with van der Waals surface area (Å²) >= 11 is 7.28. The maximum atomic E-state index is 5.68. The first kappa shape index (κ1) is 12.7. The highest BCUT2D eigenvalue weighted by atomic mass is 35.5. The average Bonchev–Trinajstić information content (AvgIpc) is 2.93. The van der Waals surface area contributed by atoms with Crippen molar-refractivity contribution in [2.75, 3.05) is 19.1 Å². The van der Waals surface area contributed by atoms with Crippen molar-refractivity contribution in [1.29, 1.82) is 0 Å². The van der Waals surface area contributed by atoms with Gasteiger partial charge in [-0.15, -0.1) is 21.8 Å². The summed E-state index contributed by atoms with van der Waals surface area (Å²) in [7, 11) is 0. The van der Waals surface area contributed by atoms with Crippen molar-refractivity contribution < 1.29 is 9.47 Å². The molecule has 0 fully saturated rings. The normalized spacial score (nSPS) is 13.5. The molecule has 0 radical (unpaired) electrons. The Morgan fingerprint density at radius 3 is 2.84 bits per heavy atom. The third-order valence-corrected chi connectivity index (χ3v) is 4.08. The van der Waals surface area contributed by atoms with Crippen LogP contribution in [-0.4, -0.2) is 29.3 Å². The van der Waals surface area contributed by atoms with Crippen LogP contribution in [0.4, 0.5) is 0 Å². The summed E-state index contributed by atoms with van der Waals surface area (Å²) in [6, 6.07) is 5.86. The monoisotopic (exact) mass is 296 g/mol. The maximum absolute atomic E-state index is 5.68. The van der Waals surface area contributed by atoms with E-state index >= 15 is 0 Å². The Kier molecular flexibility index (Phi) is 3.84. The Morgan fingerprint density at radius 2 is 2.00 bits per heavy atom. The molecule has 3 rings (SSSR count). The van der Waals surface area contributed by atoms with Gasteiger partial charge < -0.3 is 9.47 Å². The number of ether oxygens (including phenoxy) is 2. The highest BCUT2D eigenvalue weighted by Crippen LogP contribution is 2.35. The topological polar surface area (TPSA) is 44.2 Å². The van der Waals surface area contributed by atoms with Gasteiger partial charge in [0.2, 0.25) is 0 Å². The number of aromatic nitrogens is 2. The Hall–Kier alpha value is -1.33. The van der Waals surface area contributed by atoms with Gasteiger partial charge in [-0.25, -0.2) is 0 Å². The largest absolute Gasteiger partial charge is 0.486 e. The van der Waals surface area contributed by atoms with Crippen LogP contribution >= 0.6 is 22.9 Å².